The van der Waals surface area contributed by atoms with Crippen molar-refractivity contribution in [2.45, 2.75) is 53.9 Å². The lowest BCUT2D eigenvalue weighted by Crippen LogP contribution is -2.14. The Morgan fingerprint density at radius 2 is 0.898 bits per heavy atom. The maximum absolute atomic E-state index is 14.3. The first-order chi connectivity index (χ1) is 23.6. The molecule has 0 saturated carbocycles. The zero-order chi connectivity index (χ0) is 34.4. The number of aryl methyl sites for hydroxylation is 2. The van der Waals surface area contributed by atoms with Crippen molar-refractivity contribution in [3.63, 3.8) is 0 Å². The van der Waals surface area contributed by atoms with Crippen LogP contribution in [-0.2, 0) is 44.0 Å². The van der Waals surface area contributed by atoms with Crippen molar-refractivity contribution in [3.8, 4) is 11.4 Å². The van der Waals surface area contributed by atoms with E-state index in [1.165, 1.54) is 45.5 Å². The van der Waals surface area contributed by atoms with Gasteiger partial charge in [0.2, 0.25) is 19.7 Å². The number of nitrogens with zero attached hydrogens (tertiary/aromatic N) is 6. The molecule has 0 aliphatic heterocycles. The summed E-state index contributed by atoms with van der Waals surface area (Å²) in [6.45, 7) is 0. The van der Waals surface area contributed by atoms with E-state index in [1.807, 2.05) is 0 Å². The Kier molecular flexibility index (Phi) is 10.1. The van der Waals surface area contributed by atoms with Gasteiger partial charge >= 0.3 is 0 Å². The maximum atomic E-state index is 14.3. The molecule has 0 aliphatic carbocycles. The van der Waals surface area contributed by atoms with E-state index >= 15 is 0 Å². The quantitative estimate of drug-likeness (QED) is 0.126. The van der Waals surface area contributed by atoms with Crippen molar-refractivity contribution in [2.24, 2.45) is 0 Å². The van der Waals surface area contributed by atoms with Crippen LogP contribution in [0.3, 0.4) is 0 Å². The molecule has 2 heterocycles. The lowest BCUT2D eigenvalue weighted by atomic mass is 10.1. The number of aromatic nitrogens is 6. The number of unbranched alkanes of at least 4 members (excludes halogenated alkanes) is 2. The van der Waals surface area contributed by atoms with E-state index in [-0.39, 0.29) is 21.8 Å². The predicted molar refractivity (Wildman–Crippen MR) is 179 cm³/mol. The first-order valence-corrected chi connectivity index (χ1v) is 18.8. The van der Waals surface area contributed by atoms with E-state index < -0.39 is 31.3 Å². The molecule has 0 saturated heterocycles. The van der Waals surface area contributed by atoms with Crippen molar-refractivity contribution >= 4 is 19.7 Å². The van der Waals surface area contributed by atoms with E-state index in [1.54, 1.807) is 72.8 Å². The molecular weight excluding hydrogens is 671 g/mol. The van der Waals surface area contributed by atoms with Gasteiger partial charge in [-0.25, -0.2) is 25.6 Å². The molecule has 0 bridgehead atoms. The monoisotopic (exact) mass is 702 g/mol. The normalized spacial score (nSPS) is 12.0. The number of benzene rings is 4. The fourth-order valence-corrected chi connectivity index (χ4v) is 8.36. The number of sulfone groups is 2. The summed E-state index contributed by atoms with van der Waals surface area (Å²) >= 11 is 0. The van der Waals surface area contributed by atoms with E-state index in [0.717, 1.165) is 0 Å². The Balaban J connectivity index is 1.20. The first kappa shape index (κ1) is 33.8. The van der Waals surface area contributed by atoms with Crippen molar-refractivity contribution in [1.82, 2.24) is 29.5 Å². The number of hydrogen-bond acceptors (Lipinski definition) is 8. The number of halogens is 2. The topological polar surface area (TPSA) is 130 Å². The Hall–Kier alpha value is -5.08. The lowest BCUT2D eigenvalue weighted by molar-refractivity contribution is 0.579. The smallest absolute Gasteiger partial charge is 0.254 e. The fourth-order valence-electron chi connectivity index (χ4n) is 5.54. The summed E-state index contributed by atoms with van der Waals surface area (Å²) in [5.41, 5.74) is 1.75. The van der Waals surface area contributed by atoms with Crippen molar-refractivity contribution in [1.29, 1.82) is 0 Å². The van der Waals surface area contributed by atoms with Gasteiger partial charge in [0.15, 0.2) is 0 Å². The van der Waals surface area contributed by atoms with Crippen LogP contribution >= 0.6 is 0 Å². The van der Waals surface area contributed by atoms with E-state index in [2.05, 4.69) is 20.4 Å². The van der Waals surface area contributed by atoms with Crippen LogP contribution in [0.5, 0.6) is 0 Å². The van der Waals surface area contributed by atoms with Crippen LogP contribution < -0.4 is 0 Å². The average Bonchev–Trinajstić information content (AvgIpc) is 3.71. The SMILES string of the molecule is O=S(=O)(Cc1ccccc1)c1nnc(CCCCCc2nnc(S(=O)(=O)Cc3ccccc3)n2-c2cccc(F)c2)n1-c1cccc(F)c1. The summed E-state index contributed by atoms with van der Waals surface area (Å²) in [6, 6.07) is 28.6. The van der Waals surface area contributed by atoms with Gasteiger partial charge in [0.1, 0.15) is 23.3 Å². The van der Waals surface area contributed by atoms with Gasteiger partial charge in [0.25, 0.3) is 10.3 Å². The van der Waals surface area contributed by atoms with Crippen LogP contribution in [0.15, 0.2) is 120 Å². The van der Waals surface area contributed by atoms with E-state index in [0.29, 0.717) is 66.3 Å². The number of hydrogen-bond donors (Lipinski definition) is 0. The van der Waals surface area contributed by atoms with Crippen LogP contribution in [0, 0.1) is 11.6 Å². The molecule has 14 heteroatoms. The second-order valence-corrected chi connectivity index (χ2v) is 15.2. The third-order valence-corrected chi connectivity index (χ3v) is 10.9. The van der Waals surface area contributed by atoms with Gasteiger partial charge in [0.05, 0.1) is 22.9 Å². The summed E-state index contributed by atoms with van der Waals surface area (Å²) < 4.78 is 85.2. The molecule has 10 nitrogen and oxygen atoms in total. The predicted octanol–water partition coefficient (Wildman–Crippen LogP) is 6.03. The molecule has 0 aliphatic rings. The van der Waals surface area contributed by atoms with Gasteiger partial charge in [-0.2, -0.15) is 0 Å². The third kappa shape index (κ3) is 7.98. The second-order valence-electron chi connectivity index (χ2n) is 11.5. The standard InChI is InChI=1S/C35H32F2N6O4S2/c36-28-16-10-18-30(22-28)42-32(38-40-34(42)48(44,45)24-26-12-4-1-5-13-26)20-8-3-9-21-33-39-41-35(43(33)31-19-11-17-29(37)23-31)49(46,47)25-27-14-6-2-7-15-27/h1-2,4-7,10-19,22-23H,3,8-9,20-21,24-25H2. The van der Waals surface area contributed by atoms with Crippen LogP contribution in [0.1, 0.15) is 42.0 Å². The molecule has 49 heavy (non-hydrogen) atoms. The average molecular weight is 703 g/mol. The summed E-state index contributed by atoms with van der Waals surface area (Å²) in [5, 5.41) is 15.9. The number of rotatable bonds is 14. The highest BCUT2D eigenvalue weighted by Gasteiger charge is 2.28. The Labute approximate surface area is 283 Å². The zero-order valence-corrected chi connectivity index (χ0v) is 27.9. The van der Waals surface area contributed by atoms with Gasteiger partial charge in [0, 0.05) is 12.8 Å². The van der Waals surface area contributed by atoms with Crippen molar-refractivity contribution in [3.05, 3.63) is 144 Å². The molecule has 0 N–H and O–H groups in total. The second kappa shape index (κ2) is 14.6. The largest absolute Gasteiger partial charge is 0.270 e. The Bertz CT molecular complexity index is 2120. The minimum absolute atomic E-state index is 0.274. The lowest BCUT2D eigenvalue weighted by Gasteiger charge is -2.12. The van der Waals surface area contributed by atoms with E-state index in [4.69, 9.17) is 0 Å². The minimum atomic E-state index is -3.95. The molecule has 0 amide bonds. The summed E-state index contributed by atoms with van der Waals surface area (Å²) in [6.07, 6.45) is 2.39. The molecule has 4 aromatic carbocycles. The molecule has 0 radical (unpaired) electrons. The summed E-state index contributed by atoms with van der Waals surface area (Å²) in [4.78, 5) is 0. The minimum Gasteiger partial charge on any atom is -0.270 e. The van der Waals surface area contributed by atoms with Gasteiger partial charge in [-0.05, 0) is 60.4 Å². The summed E-state index contributed by atoms with van der Waals surface area (Å²) in [7, 11) is -7.89. The Morgan fingerprint density at radius 1 is 0.490 bits per heavy atom. The van der Waals surface area contributed by atoms with Gasteiger partial charge < -0.3 is 0 Å². The molecular formula is C35H32F2N6O4S2. The highest BCUT2D eigenvalue weighted by atomic mass is 32.2. The fraction of sp³-hybridized carbons (Fsp3) is 0.200. The molecule has 0 spiro atoms. The van der Waals surface area contributed by atoms with Crippen molar-refractivity contribution < 1.29 is 25.6 Å². The van der Waals surface area contributed by atoms with Gasteiger partial charge in [-0.3, -0.25) is 9.13 Å². The third-order valence-electron chi connectivity index (χ3n) is 7.79. The van der Waals surface area contributed by atoms with Crippen LogP contribution in [-0.4, -0.2) is 46.4 Å². The Morgan fingerprint density at radius 3 is 1.29 bits per heavy atom. The zero-order valence-electron chi connectivity index (χ0n) is 26.2. The molecule has 0 atom stereocenters. The highest BCUT2D eigenvalue weighted by Crippen LogP contribution is 2.25. The van der Waals surface area contributed by atoms with Crippen LogP contribution in [0.2, 0.25) is 0 Å². The molecule has 2 aromatic heterocycles. The highest BCUT2D eigenvalue weighted by molar-refractivity contribution is 7.90. The van der Waals surface area contributed by atoms with Gasteiger partial charge in [-0.15, -0.1) is 20.4 Å². The van der Waals surface area contributed by atoms with Crippen molar-refractivity contribution in [2.75, 3.05) is 0 Å². The molecule has 0 unspecified atom stereocenters. The van der Waals surface area contributed by atoms with E-state index in [9.17, 15) is 25.6 Å². The summed E-state index contributed by atoms with van der Waals surface area (Å²) in [5.74, 6) is -0.941. The molecule has 0 fully saturated rings. The van der Waals surface area contributed by atoms with Crippen LogP contribution in [0.25, 0.3) is 11.4 Å². The maximum Gasteiger partial charge on any atom is 0.254 e. The molecule has 6 rings (SSSR count). The van der Waals surface area contributed by atoms with Crippen LogP contribution in [0.4, 0.5) is 8.78 Å². The molecule has 6 aromatic rings. The first-order valence-electron chi connectivity index (χ1n) is 15.5. The molecule has 252 valence electrons. The van der Waals surface area contributed by atoms with Gasteiger partial charge in [-0.1, -0.05) is 79.2 Å².